The number of carbonyl (C=O) groups is 1. The van der Waals surface area contributed by atoms with Crippen molar-refractivity contribution in [3.63, 3.8) is 0 Å². The van der Waals surface area contributed by atoms with Crippen LogP contribution in [-0.4, -0.2) is 81.9 Å². The van der Waals surface area contributed by atoms with Crippen molar-refractivity contribution in [2.45, 2.75) is 44.9 Å². The molecule has 0 radical (unpaired) electrons. The number of imidazole rings is 1. The quantitative estimate of drug-likeness (QED) is 0.857. The van der Waals surface area contributed by atoms with E-state index in [0.29, 0.717) is 26.1 Å². The third-order valence-corrected chi connectivity index (χ3v) is 6.04. The number of rotatable bonds is 4. The van der Waals surface area contributed by atoms with Crippen LogP contribution in [0.4, 0.5) is 0 Å². The molecule has 2 atom stereocenters. The van der Waals surface area contributed by atoms with Crippen molar-refractivity contribution in [3.05, 3.63) is 30.1 Å². The van der Waals surface area contributed by atoms with Crippen LogP contribution >= 0.6 is 0 Å². The fourth-order valence-corrected chi connectivity index (χ4v) is 4.46. The van der Waals surface area contributed by atoms with E-state index in [1.165, 1.54) is 0 Å². The molecule has 1 aromatic heterocycles. The van der Waals surface area contributed by atoms with Gasteiger partial charge < -0.3 is 19.3 Å². The second-order valence-electron chi connectivity index (χ2n) is 7.70. The minimum atomic E-state index is -0.392. The molecule has 0 unspecified atom stereocenters. The van der Waals surface area contributed by atoms with Crippen LogP contribution in [0.25, 0.3) is 11.0 Å². The number of fused-ring (bicyclic) bond motifs is 1. The van der Waals surface area contributed by atoms with E-state index in [1.54, 1.807) is 0 Å². The zero-order valence-corrected chi connectivity index (χ0v) is 16.6. The molecule has 2 aliphatic heterocycles. The molecule has 4 rings (SSSR count). The Morgan fingerprint density at radius 1 is 1.18 bits per heavy atom. The van der Waals surface area contributed by atoms with E-state index in [1.807, 2.05) is 33.7 Å². The van der Waals surface area contributed by atoms with Crippen molar-refractivity contribution in [1.29, 1.82) is 0 Å². The van der Waals surface area contributed by atoms with Gasteiger partial charge in [0, 0.05) is 38.6 Å². The maximum absolute atomic E-state index is 13.1. The Morgan fingerprint density at radius 3 is 2.71 bits per heavy atom. The minimum absolute atomic E-state index is 0.104. The number of aromatic nitrogens is 2. The van der Waals surface area contributed by atoms with Gasteiger partial charge in [-0.05, 0) is 25.0 Å². The van der Waals surface area contributed by atoms with Gasteiger partial charge in [0.05, 0.1) is 30.4 Å². The molecule has 1 N–H and O–H groups in total. The van der Waals surface area contributed by atoms with Crippen molar-refractivity contribution < 1.29 is 14.6 Å². The Bertz CT molecular complexity index is 815. The van der Waals surface area contributed by atoms with E-state index in [2.05, 4.69) is 16.8 Å². The van der Waals surface area contributed by atoms with E-state index >= 15 is 0 Å². The molecule has 0 bridgehead atoms. The molecular formula is C21H30N4O3. The molecule has 0 saturated carbocycles. The lowest BCUT2D eigenvalue weighted by molar-refractivity contribution is -0.131. The zero-order chi connectivity index (χ0) is 19.5. The third-order valence-electron chi connectivity index (χ3n) is 6.04. The van der Waals surface area contributed by atoms with Crippen LogP contribution in [0, 0.1) is 0 Å². The van der Waals surface area contributed by atoms with E-state index in [4.69, 9.17) is 4.74 Å². The van der Waals surface area contributed by atoms with Crippen LogP contribution in [-0.2, 0) is 22.5 Å². The summed E-state index contributed by atoms with van der Waals surface area (Å²) in [6.45, 7) is 6.83. The number of morpholine rings is 1. The number of aryl methyl sites for hydroxylation is 1. The minimum Gasteiger partial charge on any atom is -0.391 e. The first kappa shape index (κ1) is 19.4. The Morgan fingerprint density at radius 2 is 1.93 bits per heavy atom. The van der Waals surface area contributed by atoms with Gasteiger partial charge in [-0.3, -0.25) is 9.69 Å². The van der Waals surface area contributed by atoms with Crippen LogP contribution in [0.15, 0.2) is 24.3 Å². The van der Waals surface area contributed by atoms with Gasteiger partial charge in [0.1, 0.15) is 12.4 Å². The van der Waals surface area contributed by atoms with E-state index in [-0.39, 0.29) is 11.9 Å². The number of ether oxygens (including phenoxy) is 1. The third kappa shape index (κ3) is 3.92. The van der Waals surface area contributed by atoms with E-state index in [9.17, 15) is 9.90 Å². The van der Waals surface area contributed by atoms with Crippen LogP contribution in [0.1, 0.15) is 25.6 Å². The first-order valence-corrected chi connectivity index (χ1v) is 10.4. The summed E-state index contributed by atoms with van der Waals surface area (Å²) in [6.07, 6.45) is 1.83. The summed E-state index contributed by atoms with van der Waals surface area (Å²) in [6, 6.07) is 8.09. The number of benzene rings is 1. The molecule has 7 heteroatoms. The molecular weight excluding hydrogens is 356 g/mol. The SMILES string of the molecule is CCc1nc2ccccc2n1CC(=O)N1CC[C@H](O)[C@@H](N2CCOCC2)CC1. The number of likely N-dealkylation sites (tertiary alicyclic amines) is 1. The average Bonchev–Trinajstić information content (AvgIpc) is 2.96. The first-order chi connectivity index (χ1) is 13.7. The lowest BCUT2D eigenvalue weighted by Gasteiger charge is -2.36. The molecule has 1 amide bonds. The number of hydrogen-bond donors (Lipinski definition) is 1. The van der Waals surface area contributed by atoms with Gasteiger partial charge in [-0.25, -0.2) is 4.98 Å². The maximum Gasteiger partial charge on any atom is 0.242 e. The highest BCUT2D eigenvalue weighted by Gasteiger charge is 2.32. The van der Waals surface area contributed by atoms with Gasteiger partial charge in [0.15, 0.2) is 0 Å². The smallest absolute Gasteiger partial charge is 0.242 e. The zero-order valence-electron chi connectivity index (χ0n) is 16.6. The Kier molecular flexibility index (Phi) is 5.94. The van der Waals surface area contributed by atoms with Gasteiger partial charge in [0.25, 0.3) is 0 Å². The van der Waals surface area contributed by atoms with Crippen LogP contribution in [0.5, 0.6) is 0 Å². The Labute approximate surface area is 165 Å². The number of para-hydroxylation sites is 2. The second kappa shape index (κ2) is 8.59. The fraction of sp³-hybridized carbons (Fsp3) is 0.619. The number of amides is 1. The van der Waals surface area contributed by atoms with Gasteiger partial charge in [-0.2, -0.15) is 0 Å². The standard InChI is InChI=1S/C21H30N4O3/c1-2-20-22-16-5-3-4-6-17(16)25(20)15-21(27)24-9-7-18(19(26)8-10-24)23-11-13-28-14-12-23/h3-6,18-19,26H,2,7-15H2,1H3/t18-,19-/m0/s1. The lowest BCUT2D eigenvalue weighted by Crippen LogP contribution is -2.49. The normalized spacial score (nSPS) is 24.4. The first-order valence-electron chi connectivity index (χ1n) is 10.4. The summed E-state index contributed by atoms with van der Waals surface area (Å²) in [7, 11) is 0. The van der Waals surface area contributed by atoms with Crippen LogP contribution < -0.4 is 0 Å². The Balaban J connectivity index is 1.45. The molecule has 0 aliphatic carbocycles. The topological polar surface area (TPSA) is 70.8 Å². The van der Waals surface area contributed by atoms with Crippen LogP contribution in [0.3, 0.4) is 0 Å². The van der Waals surface area contributed by atoms with E-state index < -0.39 is 6.10 Å². The van der Waals surface area contributed by atoms with Crippen molar-refractivity contribution >= 4 is 16.9 Å². The van der Waals surface area contributed by atoms with Crippen molar-refractivity contribution in [3.8, 4) is 0 Å². The number of aliphatic hydroxyl groups is 1. The van der Waals surface area contributed by atoms with Gasteiger partial charge in [0.2, 0.25) is 5.91 Å². The molecule has 28 heavy (non-hydrogen) atoms. The molecule has 3 heterocycles. The fourth-order valence-electron chi connectivity index (χ4n) is 4.46. The van der Waals surface area contributed by atoms with Crippen LogP contribution in [0.2, 0.25) is 0 Å². The number of hydrogen-bond acceptors (Lipinski definition) is 5. The summed E-state index contributed by atoms with van der Waals surface area (Å²) in [5.74, 6) is 1.04. The predicted molar refractivity (Wildman–Crippen MR) is 107 cm³/mol. The number of carbonyl (C=O) groups excluding carboxylic acids is 1. The maximum atomic E-state index is 13.1. The van der Waals surface area contributed by atoms with Gasteiger partial charge >= 0.3 is 0 Å². The molecule has 2 aliphatic rings. The molecule has 1 aromatic carbocycles. The van der Waals surface area contributed by atoms with E-state index in [0.717, 1.165) is 56.0 Å². The van der Waals surface area contributed by atoms with Crippen molar-refractivity contribution in [1.82, 2.24) is 19.4 Å². The molecule has 2 fully saturated rings. The molecule has 2 saturated heterocycles. The Hall–Kier alpha value is -1.96. The molecule has 0 spiro atoms. The van der Waals surface area contributed by atoms with Crippen molar-refractivity contribution in [2.75, 3.05) is 39.4 Å². The lowest BCUT2D eigenvalue weighted by atomic mass is 10.0. The summed E-state index contributed by atoms with van der Waals surface area (Å²) >= 11 is 0. The summed E-state index contributed by atoms with van der Waals surface area (Å²) in [5, 5.41) is 10.6. The monoisotopic (exact) mass is 386 g/mol. The molecule has 2 aromatic rings. The highest BCUT2D eigenvalue weighted by atomic mass is 16.5. The van der Waals surface area contributed by atoms with Crippen molar-refractivity contribution in [2.24, 2.45) is 0 Å². The summed E-state index contributed by atoms with van der Waals surface area (Å²) < 4.78 is 7.48. The largest absolute Gasteiger partial charge is 0.391 e. The number of nitrogens with zero attached hydrogens (tertiary/aromatic N) is 4. The highest BCUT2D eigenvalue weighted by molar-refractivity contribution is 5.81. The van der Waals surface area contributed by atoms with Gasteiger partial charge in [-0.1, -0.05) is 19.1 Å². The predicted octanol–water partition coefficient (Wildman–Crippen LogP) is 1.28. The summed E-state index contributed by atoms with van der Waals surface area (Å²) in [5.41, 5.74) is 1.94. The van der Waals surface area contributed by atoms with Gasteiger partial charge in [-0.15, -0.1) is 0 Å². The number of aliphatic hydroxyl groups excluding tert-OH is 1. The summed E-state index contributed by atoms with van der Waals surface area (Å²) in [4.78, 5) is 22.0. The highest BCUT2D eigenvalue weighted by Crippen LogP contribution is 2.21. The second-order valence-corrected chi connectivity index (χ2v) is 7.70. The average molecular weight is 386 g/mol. The molecule has 152 valence electrons. The molecule has 7 nitrogen and oxygen atoms in total.